The van der Waals surface area contributed by atoms with Gasteiger partial charge in [-0.2, -0.15) is 0 Å². The number of nitrogens with one attached hydrogen (secondary N) is 1. The second kappa shape index (κ2) is 4.23. The normalized spacial score (nSPS) is 15.0. The van der Waals surface area contributed by atoms with Gasteiger partial charge in [-0.25, -0.2) is 0 Å². The molecule has 0 atom stereocenters. The Balaban J connectivity index is 2.05. The number of phenolic OH excluding ortho intramolecular Hbond substituents is 1. The number of phenols is 1. The zero-order valence-electron chi connectivity index (χ0n) is 8.16. The average molecular weight is 270 g/mol. The van der Waals surface area contributed by atoms with Crippen molar-refractivity contribution in [1.29, 1.82) is 0 Å². The first-order valence-corrected chi connectivity index (χ1v) is 5.73. The van der Waals surface area contributed by atoms with E-state index in [0.29, 0.717) is 18.0 Å². The van der Waals surface area contributed by atoms with E-state index in [9.17, 15) is 9.90 Å². The molecule has 0 spiro atoms. The number of hydrogen-bond acceptors (Lipinski definition) is 2. The number of benzene rings is 1. The molecule has 2 rings (SSSR count). The summed E-state index contributed by atoms with van der Waals surface area (Å²) in [5.41, 5.74) is 0.324. The maximum Gasteiger partial charge on any atom is 0.255 e. The molecule has 0 saturated heterocycles. The molecular weight excluding hydrogens is 258 g/mol. The van der Waals surface area contributed by atoms with Crippen LogP contribution in [0, 0.1) is 5.92 Å². The van der Waals surface area contributed by atoms with Gasteiger partial charge in [0.1, 0.15) is 5.75 Å². The third-order valence-corrected chi connectivity index (χ3v) is 2.94. The number of carbonyl (C=O) groups excluding carboxylic acids is 1. The van der Waals surface area contributed by atoms with E-state index in [1.807, 2.05) is 0 Å². The highest BCUT2D eigenvalue weighted by molar-refractivity contribution is 9.10. The molecule has 80 valence electrons. The zero-order chi connectivity index (χ0) is 10.8. The summed E-state index contributed by atoms with van der Waals surface area (Å²) in [7, 11) is 0. The summed E-state index contributed by atoms with van der Waals surface area (Å²) >= 11 is 3.27. The Morgan fingerprint density at radius 3 is 2.93 bits per heavy atom. The van der Waals surface area contributed by atoms with Crippen molar-refractivity contribution in [2.45, 2.75) is 12.8 Å². The van der Waals surface area contributed by atoms with Crippen LogP contribution in [0.4, 0.5) is 0 Å². The third kappa shape index (κ3) is 2.72. The minimum Gasteiger partial charge on any atom is -0.507 e. The largest absolute Gasteiger partial charge is 0.507 e. The van der Waals surface area contributed by atoms with Crippen molar-refractivity contribution in [1.82, 2.24) is 5.32 Å². The van der Waals surface area contributed by atoms with Crippen LogP contribution < -0.4 is 5.32 Å². The van der Waals surface area contributed by atoms with E-state index >= 15 is 0 Å². The van der Waals surface area contributed by atoms with Crippen molar-refractivity contribution in [2.75, 3.05) is 6.54 Å². The molecule has 1 aliphatic rings. The maximum absolute atomic E-state index is 11.7. The molecular formula is C11H12BrNO2. The number of aromatic hydroxyl groups is 1. The molecule has 1 fully saturated rings. The summed E-state index contributed by atoms with van der Waals surface area (Å²) in [5.74, 6) is 0.454. The molecule has 15 heavy (non-hydrogen) atoms. The average Bonchev–Trinajstić information content (AvgIpc) is 3.02. The lowest BCUT2D eigenvalue weighted by Gasteiger charge is -2.06. The highest BCUT2D eigenvalue weighted by Gasteiger charge is 2.22. The molecule has 3 nitrogen and oxygen atoms in total. The monoisotopic (exact) mass is 269 g/mol. The van der Waals surface area contributed by atoms with Gasteiger partial charge in [0.05, 0.1) is 5.56 Å². The smallest absolute Gasteiger partial charge is 0.255 e. The Labute approximate surface area is 96.6 Å². The van der Waals surface area contributed by atoms with Gasteiger partial charge in [0.25, 0.3) is 5.91 Å². The Morgan fingerprint density at radius 1 is 1.53 bits per heavy atom. The van der Waals surface area contributed by atoms with Crippen LogP contribution in [-0.4, -0.2) is 17.6 Å². The lowest BCUT2D eigenvalue weighted by Crippen LogP contribution is -2.25. The molecule has 1 saturated carbocycles. The van der Waals surface area contributed by atoms with Crippen LogP contribution in [0.3, 0.4) is 0 Å². The number of amides is 1. The van der Waals surface area contributed by atoms with Gasteiger partial charge in [-0.3, -0.25) is 4.79 Å². The van der Waals surface area contributed by atoms with Crippen molar-refractivity contribution in [3.63, 3.8) is 0 Å². The number of rotatable bonds is 3. The second-order valence-electron chi connectivity index (χ2n) is 3.81. The third-order valence-electron chi connectivity index (χ3n) is 2.45. The molecule has 0 bridgehead atoms. The van der Waals surface area contributed by atoms with Crippen LogP contribution >= 0.6 is 15.9 Å². The molecule has 0 aliphatic heterocycles. The first kappa shape index (κ1) is 10.5. The van der Waals surface area contributed by atoms with Gasteiger partial charge in [0, 0.05) is 11.0 Å². The highest BCUT2D eigenvalue weighted by atomic mass is 79.9. The first-order chi connectivity index (χ1) is 7.16. The van der Waals surface area contributed by atoms with Gasteiger partial charge < -0.3 is 10.4 Å². The van der Waals surface area contributed by atoms with Gasteiger partial charge in [-0.15, -0.1) is 0 Å². The van der Waals surface area contributed by atoms with Crippen molar-refractivity contribution < 1.29 is 9.90 Å². The lowest BCUT2D eigenvalue weighted by atomic mass is 10.2. The van der Waals surface area contributed by atoms with E-state index in [4.69, 9.17) is 0 Å². The van der Waals surface area contributed by atoms with Gasteiger partial charge in [-0.05, 0) is 37.0 Å². The summed E-state index contributed by atoms with van der Waals surface area (Å²) in [6.45, 7) is 0.713. The standard InChI is InChI=1S/C11H12BrNO2/c12-8-3-4-10(14)9(5-8)11(15)13-6-7-1-2-7/h3-5,7,14H,1-2,6H2,(H,13,15). The molecule has 0 radical (unpaired) electrons. The van der Waals surface area contributed by atoms with Crippen LogP contribution in [0.2, 0.25) is 0 Å². The highest BCUT2D eigenvalue weighted by Crippen LogP contribution is 2.28. The van der Waals surface area contributed by atoms with Crippen molar-refractivity contribution in [3.8, 4) is 5.75 Å². The Hall–Kier alpha value is -1.03. The summed E-state index contributed by atoms with van der Waals surface area (Å²) < 4.78 is 0.789. The number of carbonyl (C=O) groups is 1. The predicted molar refractivity (Wildman–Crippen MR) is 60.9 cm³/mol. The van der Waals surface area contributed by atoms with E-state index in [0.717, 1.165) is 4.47 Å². The Morgan fingerprint density at radius 2 is 2.27 bits per heavy atom. The van der Waals surface area contributed by atoms with E-state index in [1.54, 1.807) is 12.1 Å². The summed E-state index contributed by atoms with van der Waals surface area (Å²) in [6.07, 6.45) is 2.40. The summed E-state index contributed by atoms with van der Waals surface area (Å²) in [6, 6.07) is 4.83. The first-order valence-electron chi connectivity index (χ1n) is 4.93. The quantitative estimate of drug-likeness (QED) is 0.885. The molecule has 0 aromatic heterocycles. The van der Waals surface area contributed by atoms with E-state index in [2.05, 4.69) is 21.2 Å². The van der Waals surface area contributed by atoms with Crippen LogP contribution in [-0.2, 0) is 0 Å². The molecule has 1 aliphatic carbocycles. The van der Waals surface area contributed by atoms with Crippen molar-refractivity contribution >= 4 is 21.8 Å². The minimum absolute atomic E-state index is 0.0199. The molecule has 0 heterocycles. The van der Waals surface area contributed by atoms with Crippen molar-refractivity contribution in [3.05, 3.63) is 28.2 Å². The predicted octanol–water partition coefficient (Wildman–Crippen LogP) is 2.29. The molecule has 4 heteroatoms. The fraction of sp³-hybridized carbons (Fsp3) is 0.364. The van der Waals surface area contributed by atoms with Crippen LogP contribution in [0.25, 0.3) is 0 Å². The van der Waals surface area contributed by atoms with Crippen LogP contribution in [0.1, 0.15) is 23.2 Å². The molecule has 1 aromatic rings. The summed E-state index contributed by atoms with van der Waals surface area (Å²) in [4.78, 5) is 11.7. The number of halogens is 1. The van der Waals surface area contributed by atoms with E-state index in [-0.39, 0.29) is 11.7 Å². The summed E-state index contributed by atoms with van der Waals surface area (Å²) in [5, 5.41) is 12.3. The molecule has 1 aromatic carbocycles. The van der Waals surface area contributed by atoms with Crippen LogP contribution in [0.5, 0.6) is 5.75 Å². The second-order valence-corrected chi connectivity index (χ2v) is 4.73. The van der Waals surface area contributed by atoms with Crippen molar-refractivity contribution in [2.24, 2.45) is 5.92 Å². The fourth-order valence-corrected chi connectivity index (χ4v) is 1.71. The molecule has 2 N–H and O–H groups in total. The maximum atomic E-state index is 11.7. The van der Waals surface area contributed by atoms with Gasteiger partial charge >= 0.3 is 0 Å². The van der Waals surface area contributed by atoms with Crippen LogP contribution in [0.15, 0.2) is 22.7 Å². The van der Waals surface area contributed by atoms with Gasteiger partial charge in [0.15, 0.2) is 0 Å². The SMILES string of the molecule is O=C(NCC1CC1)c1cc(Br)ccc1O. The minimum atomic E-state index is -0.208. The number of hydrogen-bond donors (Lipinski definition) is 2. The zero-order valence-corrected chi connectivity index (χ0v) is 9.75. The van der Waals surface area contributed by atoms with Gasteiger partial charge in [-0.1, -0.05) is 15.9 Å². The van der Waals surface area contributed by atoms with E-state index in [1.165, 1.54) is 18.9 Å². The van der Waals surface area contributed by atoms with E-state index < -0.39 is 0 Å². The van der Waals surface area contributed by atoms with Gasteiger partial charge in [0.2, 0.25) is 0 Å². The molecule has 0 unspecified atom stereocenters. The Kier molecular flexibility index (Phi) is 2.95. The Bertz CT molecular complexity index is 388. The molecule has 1 amide bonds. The fourth-order valence-electron chi connectivity index (χ4n) is 1.34. The topological polar surface area (TPSA) is 49.3 Å². The lowest BCUT2D eigenvalue weighted by molar-refractivity contribution is 0.0949.